The van der Waals surface area contributed by atoms with Gasteiger partial charge in [0, 0.05) is 33.5 Å². The fourth-order valence-electron chi connectivity index (χ4n) is 11.7. The summed E-state index contributed by atoms with van der Waals surface area (Å²) in [4.78, 5) is 2.41. The molecule has 2 nitrogen and oxygen atoms in total. The molecule has 0 aliphatic carbocycles. The molecule has 0 fully saturated rings. The smallest absolute Gasteiger partial charge is 0.0541 e. The van der Waals surface area contributed by atoms with Crippen molar-refractivity contribution in [1.29, 1.82) is 0 Å². The molecule has 72 heavy (non-hydrogen) atoms. The molecular weight excluding hydrogens is 869 g/mol. The van der Waals surface area contributed by atoms with Crippen LogP contribution in [-0.2, 0) is 0 Å². The summed E-state index contributed by atoms with van der Waals surface area (Å²) in [6, 6.07) is 102. The highest BCUT2D eigenvalue weighted by molar-refractivity contribution is 6.23. The number of hydrogen-bond acceptors (Lipinski definition) is 1. The van der Waals surface area contributed by atoms with Crippen LogP contribution in [0.15, 0.2) is 279 Å². The van der Waals surface area contributed by atoms with Gasteiger partial charge in [-0.25, -0.2) is 0 Å². The van der Waals surface area contributed by atoms with Gasteiger partial charge in [0.1, 0.15) is 0 Å². The molecule has 0 aliphatic rings. The lowest BCUT2D eigenvalue weighted by molar-refractivity contribution is 1.17. The van der Waals surface area contributed by atoms with E-state index in [1.165, 1.54) is 109 Å². The topological polar surface area (TPSA) is 8.17 Å². The normalized spacial score (nSPS) is 11.6. The molecule has 0 aliphatic heterocycles. The molecule has 0 bridgehead atoms. The molecule has 0 radical (unpaired) electrons. The van der Waals surface area contributed by atoms with Crippen molar-refractivity contribution >= 4 is 82.0 Å². The van der Waals surface area contributed by atoms with E-state index in [1.54, 1.807) is 0 Å². The Labute approximate surface area is 418 Å². The van der Waals surface area contributed by atoms with Gasteiger partial charge in [0.05, 0.1) is 11.0 Å². The number of benzene rings is 13. The molecule has 1 heterocycles. The standard InChI is InChI=1S/C70H46N2/c1-3-20-47(21-4-1)67-61-32-11-7-26-55(61)57-28-9-13-34-63(57)69(67)49-38-42-51(43-39-49)71(53-24-19-25-54(46-53)72-65-36-17-15-30-59(65)60-31-16-18-37-66(60)72)52-44-40-50(41-45-52)70-64-35-14-10-29-58(64)56-27-8-12-33-62(56)68(70)48-22-5-2-6-23-48/h1-46H. The van der Waals surface area contributed by atoms with Gasteiger partial charge in [-0.2, -0.15) is 0 Å². The number of anilines is 3. The average molecular weight is 915 g/mol. The van der Waals surface area contributed by atoms with Crippen LogP contribution in [0, 0.1) is 0 Å². The summed E-state index contributed by atoms with van der Waals surface area (Å²) in [5.74, 6) is 0. The van der Waals surface area contributed by atoms with Crippen LogP contribution >= 0.6 is 0 Å². The Hall–Kier alpha value is -9.50. The molecule has 1 aromatic heterocycles. The maximum atomic E-state index is 2.41. The molecule has 14 aromatic rings. The van der Waals surface area contributed by atoms with Gasteiger partial charge in [0.2, 0.25) is 0 Å². The van der Waals surface area contributed by atoms with Crippen LogP contribution in [0.2, 0.25) is 0 Å². The van der Waals surface area contributed by atoms with Crippen molar-refractivity contribution in [3.8, 4) is 50.2 Å². The van der Waals surface area contributed by atoms with E-state index < -0.39 is 0 Å². The molecule has 0 unspecified atom stereocenters. The van der Waals surface area contributed by atoms with E-state index in [0.29, 0.717) is 0 Å². The first-order valence-corrected chi connectivity index (χ1v) is 24.8. The van der Waals surface area contributed by atoms with Crippen molar-refractivity contribution in [3.05, 3.63) is 279 Å². The summed E-state index contributed by atoms with van der Waals surface area (Å²) in [7, 11) is 0. The molecule has 14 rings (SSSR count). The second-order valence-electron chi connectivity index (χ2n) is 18.7. The summed E-state index contributed by atoms with van der Waals surface area (Å²) in [5, 5.41) is 12.5. The third kappa shape index (κ3) is 6.72. The SMILES string of the molecule is c1ccc(-c2c(-c3ccc(N(c4ccc(-c5c(-c6ccccc6)c6ccccc6c6ccccc56)cc4)c4cccc(-n5c6ccccc6c6ccccc65)c4)cc3)c3ccccc3c3ccccc23)cc1. The van der Waals surface area contributed by atoms with Gasteiger partial charge in [0.25, 0.3) is 0 Å². The Balaban J connectivity index is 0.971. The number of para-hydroxylation sites is 2. The van der Waals surface area contributed by atoms with Gasteiger partial charge in [-0.3, -0.25) is 0 Å². The van der Waals surface area contributed by atoms with Crippen LogP contribution in [0.1, 0.15) is 0 Å². The van der Waals surface area contributed by atoms with Gasteiger partial charge in [-0.1, -0.05) is 224 Å². The number of fused-ring (bicyclic) bond motifs is 9. The van der Waals surface area contributed by atoms with E-state index in [-0.39, 0.29) is 0 Å². The summed E-state index contributed by atoms with van der Waals surface area (Å²) in [6.07, 6.45) is 0. The number of aromatic nitrogens is 1. The maximum absolute atomic E-state index is 2.41. The van der Waals surface area contributed by atoms with Gasteiger partial charge in [-0.15, -0.1) is 0 Å². The van der Waals surface area contributed by atoms with Crippen molar-refractivity contribution in [2.75, 3.05) is 4.90 Å². The monoisotopic (exact) mass is 914 g/mol. The van der Waals surface area contributed by atoms with Crippen LogP contribution in [0.25, 0.3) is 115 Å². The van der Waals surface area contributed by atoms with E-state index in [0.717, 1.165) is 22.7 Å². The lowest BCUT2D eigenvalue weighted by Gasteiger charge is -2.27. The highest BCUT2D eigenvalue weighted by Crippen LogP contribution is 2.48. The predicted octanol–water partition coefficient (Wildman–Crippen LogP) is 19.5. The molecule has 0 atom stereocenters. The Morgan fingerprint density at radius 3 is 0.889 bits per heavy atom. The molecule has 336 valence electrons. The molecule has 0 saturated carbocycles. The van der Waals surface area contributed by atoms with Crippen molar-refractivity contribution in [3.63, 3.8) is 0 Å². The highest BCUT2D eigenvalue weighted by atomic mass is 15.1. The zero-order valence-electron chi connectivity index (χ0n) is 39.5. The molecule has 0 spiro atoms. The van der Waals surface area contributed by atoms with Crippen molar-refractivity contribution < 1.29 is 0 Å². The van der Waals surface area contributed by atoms with E-state index in [1.807, 2.05) is 0 Å². The third-order valence-corrected chi connectivity index (χ3v) is 14.7. The largest absolute Gasteiger partial charge is 0.310 e. The van der Waals surface area contributed by atoms with Gasteiger partial charge < -0.3 is 9.47 Å². The molecule has 0 amide bonds. The van der Waals surface area contributed by atoms with Crippen LogP contribution in [0.4, 0.5) is 17.1 Å². The van der Waals surface area contributed by atoms with Gasteiger partial charge in [0.15, 0.2) is 0 Å². The number of nitrogens with zero attached hydrogens (tertiary/aromatic N) is 2. The molecule has 0 saturated heterocycles. The molecule has 0 N–H and O–H groups in total. The maximum Gasteiger partial charge on any atom is 0.0541 e. The number of hydrogen-bond donors (Lipinski definition) is 0. The number of rotatable bonds is 8. The van der Waals surface area contributed by atoms with Crippen LogP contribution < -0.4 is 4.90 Å². The lowest BCUT2D eigenvalue weighted by Crippen LogP contribution is -2.10. The van der Waals surface area contributed by atoms with Crippen molar-refractivity contribution in [1.82, 2.24) is 4.57 Å². The summed E-state index contributed by atoms with van der Waals surface area (Å²) < 4.78 is 2.41. The van der Waals surface area contributed by atoms with Crippen LogP contribution in [0.5, 0.6) is 0 Å². The zero-order chi connectivity index (χ0) is 47.5. The van der Waals surface area contributed by atoms with Crippen molar-refractivity contribution in [2.45, 2.75) is 0 Å². The minimum absolute atomic E-state index is 1.07. The first-order valence-electron chi connectivity index (χ1n) is 24.8. The summed E-state index contributed by atoms with van der Waals surface area (Å²) >= 11 is 0. The first-order chi connectivity index (χ1) is 35.8. The Bertz CT molecular complexity index is 4100. The van der Waals surface area contributed by atoms with Gasteiger partial charge >= 0.3 is 0 Å². The van der Waals surface area contributed by atoms with E-state index in [9.17, 15) is 0 Å². The fraction of sp³-hybridized carbons (Fsp3) is 0. The highest BCUT2D eigenvalue weighted by Gasteiger charge is 2.22. The third-order valence-electron chi connectivity index (χ3n) is 14.7. The second-order valence-corrected chi connectivity index (χ2v) is 18.7. The van der Waals surface area contributed by atoms with Gasteiger partial charge in [-0.05, 0) is 142 Å². The second kappa shape index (κ2) is 17.2. The summed E-state index contributed by atoms with van der Waals surface area (Å²) in [5.41, 5.74) is 16.4. The first kappa shape index (κ1) is 41.5. The van der Waals surface area contributed by atoms with E-state index in [4.69, 9.17) is 0 Å². The zero-order valence-corrected chi connectivity index (χ0v) is 39.5. The fourth-order valence-corrected chi connectivity index (χ4v) is 11.7. The molecule has 2 heteroatoms. The Morgan fingerprint density at radius 2 is 0.514 bits per heavy atom. The minimum atomic E-state index is 1.07. The van der Waals surface area contributed by atoms with E-state index in [2.05, 4.69) is 289 Å². The van der Waals surface area contributed by atoms with Crippen molar-refractivity contribution in [2.24, 2.45) is 0 Å². The summed E-state index contributed by atoms with van der Waals surface area (Å²) in [6.45, 7) is 0. The lowest BCUT2D eigenvalue weighted by atomic mass is 9.85. The quantitative estimate of drug-likeness (QED) is 0.138. The van der Waals surface area contributed by atoms with E-state index >= 15 is 0 Å². The molecular formula is C70H46N2. The minimum Gasteiger partial charge on any atom is -0.310 e. The Kier molecular flexibility index (Phi) is 9.89. The predicted molar refractivity (Wildman–Crippen MR) is 307 cm³/mol. The van der Waals surface area contributed by atoms with Crippen LogP contribution in [0.3, 0.4) is 0 Å². The molecule has 13 aromatic carbocycles. The Morgan fingerprint density at radius 1 is 0.208 bits per heavy atom. The van der Waals surface area contributed by atoms with Crippen LogP contribution in [-0.4, -0.2) is 4.57 Å². The average Bonchev–Trinajstić information content (AvgIpc) is 3.80.